The monoisotopic (exact) mass is 312 g/mol. The summed E-state index contributed by atoms with van der Waals surface area (Å²) in [4.78, 5) is 2.40. The molecule has 2 aromatic rings. The van der Waals surface area contributed by atoms with E-state index in [1.807, 2.05) is 18.2 Å². The van der Waals surface area contributed by atoms with Gasteiger partial charge in [-0.05, 0) is 24.6 Å². The fourth-order valence-corrected chi connectivity index (χ4v) is 3.08. The molecular formula is C18H20N2O3. The molecule has 0 saturated carbocycles. The summed E-state index contributed by atoms with van der Waals surface area (Å²) in [5.74, 6) is 2.51. The number of nitrogens with zero attached hydrogens (tertiary/aromatic N) is 1. The van der Waals surface area contributed by atoms with Crippen molar-refractivity contribution in [1.29, 1.82) is 0 Å². The molecule has 0 bridgehead atoms. The summed E-state index contributed by atoms with van der Waals surface area (Å²) < 4.78 is 16.2. The number of fused-ring (bicyclic) bond motifs is 2. The number of benzene rings is 2. The van der Waals surface area contributed by atoms with Gasteiger partial charge in [0.1, 0.15) is 5.75 Å². The number of nitrogens with one attached hydrogen (secondary N) is 1. The molecule has 0 radical (unpaired) electrons. The van der Waals surface area contributed by atoms with Crippen LogP contribution in [0, 0.1) is 0 Å². The lowest BCUT2D eigenvalue weighted by molar-refractivity contribution is 0.174. The van der Waals surface area contributed by atoms with E-state index in [1.165, 1.54) is 5.56 Å². The van der Waals surface area contributed by atoms with Crippen LogP contribution in [0.5, 0.6) is 17.2 Å². The minimum Gasteiger partial charge on any atom is -0.497 e. The SMILES string of the molecule is COc1ccc(CN2c3cc4c(cc3NCC2C)OCO4)cc1. The highest BCUT2D eigenvalue weighted by molar-refractivity contribution is 5.77. The van der Waals surface area contributed by atoms with Gasteiger partial charge in [0.2, 0.25) is 6.79 Å². The summed E-state index contributed by atoms with van der Waals surface area (Å²) in [5, 5.41) is 3.48. The van der Waals surface area contributed by atoms with E-state index in [0.29, 0.717) is 12.8 Å². The molecule has 120 valence electrons. The summed E-state index contributed by atoms with van der Waals surface area (Å²) in [5.41, 5.74) is 3.51. The molecule has 1 N–H and O–H groups in total. The quantitative estimate of drug-likeness (QED) is 0.942. The lowest BCUT2D eigenvalue weighted by Crippen LogP contribution is -2.41. The Balaban J connectivity index is 1.65. The summed E-state index contributed by atoms with van der Waals surface area (Å²) in [7, 11) is 1.69. The lowest BCUT2D eigenvalue weighted by atomic mass is 10.1. The van der Waals surface area contributed by atoms with Crippen molar-refractivity contribution in [2.24, 2.45) is 0 Å². The first-order valence-corrected chi connectivity index (χ1v) is 7.81. The molecule has 1 atom stereocenters. The van der Waals surface area contributed by atoms with Crippen LogP contribution in [0.15, 0.2) is 36.4 Å². The fourth-order valence-electron chi connectivity index (χ4n) is 3.08. The predicted octanol–water partition coefficient (Wildman–Crippen LogP) is 3.24. The van der Waals surface area contributed by atoms with Gasteiger partial charge < -0.3 is 24.4 Å². The smallest absolute Gasteiger partial charge is 0.231 e. The van der Waals surface area contributed by atoms with Crippen molar-refractivity contribution in [2.45, 2.75) is 19.5 Å². The van der Waals surface area contributed by atoms with Crippen molar-refractivity contribution in [1.82, 2.24) is 0 Å². The molecule has 5 heteroatoms. The average Bonchev–Trinajstić information content (AvgIpc) is 3.04. The third-order valence-corrected chi connectivity index (χ3v) is 4.43. The molecule has 1 unspecified atom stereocenters. The van der Waals surface area contributed by atoms with Crippen molar-refractivity contribution in [3.8, 4) is 17.2 Å². The first kappa shape index (κ1) is 14.1. The zero-order chi connectivity index (χ0) is 15.8. The first-order chi connectivity index (χ1) is 11.2. The first-order valence-electron chi connectivity index (χ1n) is 7.81. The highest BCUT2D eigenvalue weighted by Gasteiger charge is 2.27. The van der Waals surface area contributed by atoms with Crippen molar-refractivity contribution in [3.63, 3.8) is 0 Å². The maximum Gasteiger partial charge on any atom is 0.231 e. The zero-order valence-electron chi connectivity index (χ0n) is 13.3. The third kappa shape index (κ3) is 2.52. The Labute approximate surface area is 135 Å². The highest BCUT2D eigenvalue weighted by Crippen LogP contribution is 2.43. The third-order valence-electron chi connectivity index (χ3n) is 4.43. The van der Waals surface area contributed by atoms with Crippen molar-refractivity contribution < 1.29 is 14.2 Å². The molecule has 5 nitrogen and oxygen atoms in total. The van der Waals surface area contributed by atoms with Gasteiger partial charge in [0.25, 0.3) is 0 Å². The second kappa shape index (κ2) is 5.57. The van der Waals surface area contributed by atoms with Gasteiger partial charge in [-0.25, -0.2) is 0 Å². The lowest BCUT2D eigenvalue weighted by Gasteiger charge is -2.38. The molecule has 0 spiro atoms. The number of methoxy groups -OCH3 is 1. The maximum absolute atomic E-state index is 5.54. The van der Waals surface area contributed by atoms with E-state index in [4.69, 9.17) is 14.2 Å². The van der Waals surface area contributed by atoms with Gasteiger partial charge in [-0.1, -0.05) is 12.1 Å². The van der Waals surface area contributed by atoms with E-state index >= 15 is 0 Å². The highest BCUT2D eigenvalue weighted by atomic mass is 16.7. The summed E-state index contributed by atoms with van der Waals surface area (Å²) in [6, 6.07) is 12.7. The zero-order valence-corrected chi connectivity index (χ0v) is 13.3. The van der Waals surface area contributed by atoms with Crippen molar-refractivity contribution in [2.75, 3.05) is 30.7 Å². The van der Waals surface area contributed by atoms with E-state index in [2.05, 4.69) is 35.3 Å². The molecular weight excluding hydrogens is 292 g/mol. The van der Waals surface area contributed by atoms with E-state index in [9.17, 15) is 0 Å². The number of anilines is 2. The van der Waals surface area contributed by atoms with Crippen molar-refractivity contribution in [3.05, 3.63) is 42.0 Å². The minimum atomic E-state index is 0.298. The Morgan fingerprint density at radius 3 is 2.65 bits per heavy atom. The van der Waals surface area contributed by atoms with Gasteiger partial charge in [0, 0.05) is 31.3 Å². The Hall–Kier alpha value is -2.56. The summed E-state index contributed by atoms with van der Waals surface area (Å²) in [6.45, 7) is 4.28. The van der Waals surface area contributed by atoms with Crippen LogP contribution in [0.3, 0.4) is 0 Å². The standard InChI is InChI=1S/C18H20N2O3/c1-12-9-19-15-7-17-18(23-11-22-17)8-16(15)20(12)10-13-3-5-14(21-2)6-4-13/h3-8,12,19H,9-11H2,1-2H3. The molecule has 2 heterocycles. The van der Waals surface area contributed by atoms with Crippen LogP contribution >= 0.6 is 0 Å². The predicted molar refractivity (Wildman–Crippen MR) is 89.7 cm³/mol. The second-order valence-electron chi connectivity index (χ2n) is 5.93. The summed E-state index contributed by atoms with van der Waals surface area (Å²) >= 11 is 0. The molecule has 4 rings (SSSR count). The van der Waals surface area contributed by atoms with Gasteiger partial charge in [0.15, 0.2) is 11.5 Å². The molecule has 0 saturated heterocycles. The van der Waals surface area contributed by atoms with Gasteiger partial charge in [-0.2, -0.15) is 0 Å². The van der Waals surface area contributed by atoms with Crippen LogP contribution in [-0.4, -0.2) is 26.5 Å². The van der Waals surface area contributed by atoms with E-state index < -0.39 is 0 Å². The van der Waals surface area contributed by atoms with Crippen LogP contribution in [0.1, 0.15) is 12.5 Å². The summed E-state index contributed by atoms with van der Waals surface area (Å²) in [6.07, 6.45) is 0. The number of hydrogen-bond acceptors (Lipinski definition) is 5. The van der Waals surface area contributed by atoms with Crippen LogP contribution in [-0.2, 0) is 6.54 Å². The normalized spacial score (nSPS) is 18.3. The number of rotatable bonds is 3. The molecule has 2 aliphatic heterocycles. The molecule has 0 aromatic heterocycles. The van der Waals surface area contributed by atoms with E-state index in [-0.39, 0.29) is 0 Å². The van der Waals surface area contributed by atoms with E-state index in [1.54, 1.807) is 7.11 Å². The number of ether oxygens (including phenoxy) is 3. The van der Waals surface area contributed by atoms with Gasteiger partial charge in [0.05, 0.1) is 18.5 Å². The Morgan fingerprint density at radius 1 is 1.17 bits per heavy atom. The van der Waals surface area contributed by atoms with E-state index in [0.717, 1.165) is 41.7 Å². The van der Waals surface area contributed by atoms with Crippen molar-refractivity contribution >= 4 is 11.4 Å². The Kier molecular flexibility index (Phi) is 3.41. The number of hydrogen-bond donors (Lipinski definition) is 1. The average molecular weight is 312 g/mol. The van der Waals surface area contributed by atoms with Crippen LogP contribution in [0.4, 0.5) is 11.4 Å². The van der Waals surface area contributed by atoms with Gasteiger partial charge in [-0.3, -0.25) is 0 Å². The molecule has 0 fully saturated rings. The maximum atomic E-state index is 5.54. The van der Waals surface area contributed by atoms with Gasteiger partial charge >= 0.3 is 0 Å². The largest absolute Gasteiger partial charge is 0.497 e. The van der Waals surface area contributed by atoms with Crippen LogP contribution in [0.25, 0.3) is 0 Å². The molecule has 2 aromatic carbocycles. The second-order valence-corrected chi connectivity index (χ2v) is 5.93. The molecule has 0 amide bonds. The molecule has 2 aliphatic rings. The topological polar surface area (TPSA) is 43.0 Å². The van der Waals surface area contributed by atoms with Gasteiger partial charge in [-0.15, -0.1) is 0 Å². The van der Waals surface area contributed by atoms with Crippen LogP contribution in [0.2, 0.25) is 0 Å². The Bertz CT molecular complexity index is 715. The minimum absolute atomic E-state index is 0.298. The van der Waals surface area contributed by atoms with Crippen LogP contribution < -0.4 is 24.4 Å². The molecule has 0 aliphatic carbocycles. The fraction of sp³-hybridized carbons (Fsp3) is 0.333. The molecule has 23 heavy (non-hydrogen) atoms. The Morgan fingerprint density at radius 2 is 1.91 bits per heavy atom.